The fourth-order valence-corrected chi connectivity index (χ4v) is 4.21. The summed E-state index contributed by atoms with van der Waals surface area (Å²) in [7, 11) is 0. The van der Waals surface area contributed by atoms with Gasteiger partial charge in [-0.2, -0.15) is 0 Å². The number of aromatic nitrogens is 3. The van der Waals surface area contributed by atoms with E-state index in [1.807, 2.05) is 13.8 Å². The van der Waals surface area contributed by atoms with Crippen LogP contribution in [0, 0.1) is 20.8 Å². The van der Waals surface area contributed by atoms with Gasteiger partial charge < -0.3 is 14.4 Å². The zero-order chi connectivity index (χ0) is 17.3. The van der Waals surface area contributed by atoms with Gasteiger partial charge in [-0.05, 0) is 40.5 Å². The van der Waals surface area contributed by atoms with Crippen molar-refractivity contribution in [2.75, 3.05) is 5.32 Å². The lowest BCUT2D eigenvalue weighted by atomic mass is 10.2. The number of hydrogen-bond donors (Lipinski definition) is 1. The number of hydrogen-bond acceptors (Lipinski definition) is 5. The Kier molecular flexibility index (Phi) is 4.99. The zero-order valence-corrected chi connectivity index (χ0v) is 15.4. The summed E-state index contributed by atoms with van der Waals surface area (Å²) in [6.07, 6.45) is 4.94. The molecule has 0 aliphatic heterocycles. The molecule has 1 aliphatic carbocycles. The lowest BCUT2D eigenvalue weighted by Crippen LogP contribution is -2.23. The van der Waals surface area contributed by atoms with Crippen LogP contribution in [0.15, 0.2) is 15.7 Å². The quantitative estimate of drug-likeness (QED) is 0.826. The van der Waals surface area contributed by atoms with Crippen molar-refractivity contribution < 1.29 is 9.32 Å². The molecule has 2 heterocycles. The van der Waals surface area contributed by atoms with Crippen LogP contribution < -0.4 is 5.32 Å². The Morgan fingerprint density at radius 1 is 1.38 bits per heavy atom. The van der Waals surface area contributed by atoms with Crippen molar-refractivity contribution in [2.24, 2.45) is 0 Å². The molecule has 130 valence electrons. The molecule has 1 amide bonds. The fraction of sp³-hybridized carbons (Fsp3) is 0.588. The van der Waals surface area contributed by atoms with E-state index < -0.39 is 0 Å². The number of nitrogens with one attached hydrogen (secondary N) is 1. The first-order chi connectivity index (χ1) is 11.5. The predicted molar refractivity (Wildman–Crippen MR) is 94.4 cm³/mol. The van der Waals surface area contributed by atoms with Crippen LogP contribution in [-0.4, -0.2) is 25.9 Å². The lowest BCUT2D eigenvalue weighted by molar-refractivity contribution is -0.115. The summed E-state index contributed by atoms with van der Waals surface area (Å²) in [5, 5.41) is 7.28. The second kappa shape index (κ2) is 7.01. The van der Waals surface area contributed by atoms with Crippen LogP contribution in [-0.2, 0) is 4.79 Å². The van der Waals surface area contributed by atoms with E-state index in [1.165, 1.54) is 43.1 Å². The van der Waals surface area contributed by atoms with Gasteiger partial charge in [0.15, 0.2) is 11.0 Å². The summed E-state index contributed by atoms with van der Waals surface area (Å²) in [5.41, 5.74) is 2.26. The number of thioether (sulfide) groups is 1. The molecule has 6 nitrogen and oxygen atoms in total. The fourth-order valence-electron chi connectivity index (χ4n) is 3.14. The third-order valence-corrected chi connectivity index (χ3v) is 5.64. The monoisotopic (exact) mass is 348 g/mol. The van der Waals surface area contributed by atoms with Crippen molar-refractivity contribution in [3.63, 3.8) is 0 Å². The summed E-state index contributed by atoms with van der Waals surface area (Å²) >= 11 is 1.51. The van der Waals surface area contributed by atoms with Gasteiger partial charge >= 0.3 is 0 Å². The van der Waals surface area contributed by atoms with Crippen LogP contribution in [0.25, 0.3) is 0 Å². The molecule has 2 aromatic rings. The van der Waals surface area contributed by atoms with Gasteiger partial charge in [0.05, 0.1) is 10.9 Å². The number of carbonyl (C=O) groups is 1. The van der Waals surface area contributed by atoms with E-state index in [4.69, 9.17) is 9.51 Å². The topological polar surface area (TPSA) is 73.0 Å². The van der Waals surface area contributed by atoms with E-state index in [0.717, 1.165) is 10.9 Å². The molecular weight excluding hydrogens is 324 g/mol. The van der Waals surface area contributed by atoms with E-state index in [1.54, 1.807) is 13.0 Å². The van der Waals surface area contributed by atoms with Crippen LogP contribution in [0.3, 0.4) is 0 Å². The number of aryl methyl sites for hydroxylation is 2. The van der Waals surface area contributed by atoms with Crippen LogP contribution in [0.5, 0.6) is 0 Å². The van der Waals surface area contributed by atoms with Crippen molar-refractivity contribution in [3.8, 4) is 0 Å². The highest BCUT2D eigenvalue weighted by molar-refractivity contribution is 8.00. The van der Waals surface area contributed by atoms with Gasteiger partial charge in [0.25, 0.3) is 0 Å². The Hall–Kier alpha value is -1.76. The average molecular weight is 348 g/mol. The largest absolute Gasteiger partial charge is 0.360 e. The maximum Gasteiger partial charge on any atom is 0.238 e. The summed E-state index contributed by atoms with van der Waals surface area (Å²) in [6, 6.07) is 2.23. The second-order valence-corrected chi connectivity index (χ2v) is 7.75. The highest BCUT2D eigenvalue weighted by atomic mass is 32.2. The van der Waals surface area contributed by atoms with Crippen molar-refractivity contribution in [3.05, 3.63) is 23.2 Å². The van der Waals surface area contributed by atoms with Gasteiger partial charge in [0, 0.05) is 17.8 Å². The smallest absolute Gasteiger partial charge is 0.238 e. The Bertz CT molecular complexity index is 731. The van der Waals surface area contributed by atoms with Gasteiger partial charge in [0.1, 0.15) is 5.76 Å². The lowest BCUT2D eigenvalue weighted by Gasteiger charge is -2.18. The van der Waals surface area contributed by atoms with Crippen LogP contribution in [0.1, 0.15) is 55.8 Å². The van der Waals surface area contributed by atoms with Gasteiger partial charge in [-0.15, -0.1) is 0 Å². The molecular formula is C17H24N4O2S. The van der Waals surface area contributed by atoms with E-state index in [2.05, 4.69) is 22.0 Å². The Morgan fingerprint density at radius 3 is 2.71 bits per heavy atom. The number of amides is 1. The molecule has 7 heteroatoms. The van der Waals surface area contributed by atoms with E-state index in [9.17, 15) is 4.79 Å². The standard InChI is InChI=1S/C17H24N4O2S/c1-10-9-15(20-23-10)19-16(22)13(4)24-17-18-11(2)12(3)21(17)14-7-5-6-8-14/h9,13-14H,5-8H2,1-4H3,(H,19,20,22)/t13-/m0/s1. The first-order valence-electron chi connectivity index (χ1n) is 8.42. The van der Waals surface area contributed by atoms with Crippen molar-refractivity contribution in [1.29, 1.82) is 0 Å². The van der Waals surface area contributed by atoms with Crippen LogP contribution in [0.2, 0.25) is 0 Å². The molecule has 0 unspecified atom stereocenters. The first kappa shape index (κ1) is 17.1. The molecule has 1 N–H and O–H groups in total. The average Bonchev–Trinajstić information content (AvgIpc) is 3.23. The molecule has 0 aromatic carbocycles. The van der Waals surface area contributed by atoms with Gasteiger partial charge in [0.2, 0.25) is 5.91 Å². The third-order valence-electron chi connectivity index (χ3n) is 4.57. The molecule has 0 saturated heterocycles. The van der Waals surface area contributed by atoms with Crippen molar-refractivity contribution in [1.82, 2.24) is 14.7 Å². The minimum Gasteiger partial charge on any atom is -0.360 e. The maximum atomic E-state index is 12.4. The molecule has 1 atom stereocenters. The number of carbonyl (C=O) groups excluding carboxylic acids is 1. The number of nitrogens with zero attached hydrogens (tertiary/aromatic N) is 3. The minimum atomic E-state index is -0.261. The first-order valence-corrected chi connectivity index (χ1v) is 9.30. The summed E-state index contributed by atoms with van der Waals surface area (Å²) < 4.78 is 7.31. The number of rotatable bonds is 5. The molecule has 0 spiro atoms. The van der Waals surface area contributed by atoms with Gasteiger partial charge in [-0.25, -0.2) is 4.98 Å². The third kappa shape index (κ3) is 3.50. The maximum absolute atomic E-state index is 12.4. The summed E-state index contributed by atoms with van der Waals surface area (Å²) in [4.78, 5) is 17.1. The van der Waals surface area contributed by atoms with Crippen LogP contribution in [0.4, 0.5) is 5.82 Å². The number of anilines is 1. The molecule has 1 aliphatic rings. The molecule has 0 radical (unpaired) electrons. The van der Waals surface area contributed by atoms with E-state index >= 15 is 0 Å². The predicted octanol–water partition coefficient (Wildman–Crippen LogP) is 4.03. The Morgan fingerprint density at radius 2 is 2.08 bits per heavy atom. The normalized spacial score (nSPS) is 16.5. The van der Waals surface area contributed by atoms with Gasteiger partial charge in [-0.3, -0.25) is 4.79 Å². The Balaban J connectivity index is 1.72. The zero-order valence-electron chi connectivity index (χ0n) is 14.6. The van der Waals surface area contributed by atoms with E-state index in [-0.39, 0.29) is 11.2 Å². The summed E-state index contributed by atoms with van der Waals surface area (Å²) in [6.45, 7) is 7.84. The molecule has 2 aromatic heterocycles. The molecule has 1 saturated carbocycles. The minimum absolute atomic E-state index is 0.0930. The second-order valence-electron chi connectivity index (χ2n) is 6.45. The SMILES string of the molecule is Cc1cc(NC(=O)[C@H](C)Sc2nc(C)c(C)n2C2CCCC2)no1. The van der Waals surface area contributed by atoms with Gasteiger partial charge in [-0.1, -0.05) is 29.8 Å². The van der Waals surface area contributed by atoms with Crippen molar-refractivity contribution in [2.45, 2.75) is 69.8 Å². The highest BCUT2D eigenvalue weighted by Crippen LogP contribution is 2.36. The van der Waals surface area contributed by atoms with Crippen molar-refractivity contribution >= 4 is 23.5 Å². The highest BCUT2D eigenvalue weighted by Gasteiger charge is 2.26. The summed E-state index contributed by atoms with van der Waals surface area (Å²) in [5.74, 6) is 1.04. The Labute approximate surface area is 146 Å². The molecule has 0 bridgehead atoms. The number of imidazole rings is 1. The molecule has 24 heavy (non-hydrogen) atoms. The van der Waals surface area contributed by atoms with Crippen LogP contribution >= 0.6 is 11.8 Å². The molecule has 1 fully saturated rings. The van der Waals surface area contributed by atoms with E-state index in [0.29, 0.717) is 17.6 Å². The molecule has 3 rings (SSSR count).